The first-order chi connectivity index (χ1) is 7.78. The van der Waals surface area contributed by atoms with E-state index in [0.29, 0.717) is 5.69 Å². The number of ether oxygens (including phenoxy) is 1. The van der Waals surface area contributed by atoms with Crippen LogP contribution in [0.1, 0.15) is 6.92 Å². The van der Waals surface area contributed by atoms with Gasteiger partial charge in [-0.2, -0.15) is 0 Å². The average molecular weight is 248 g/mol. The average Bonchev–Trinajstić information content (AvgIpc) is 2.18. The third-order valence-electron chi connectivity index (χ3n) is 1.77. The SMILES string of the molecule is C[C@H](N)C(=O)Nc1ccc(OC(F)(F)F)cc1. The Morgan fingerprint density at radius 1 is 1.35 bits per heavy atom. The molecule has 0 aromatic heterocycles. The quantitative estimate of drug-likeness (QED) is 0.858. The molecule has 4 nitrogen and oxygen atoms in total. The van der Waals surface area contributed by atoms with Crippen molar-refractivity contribution in [2.45, 2.75) is 19.3 Å². The second kappa shape index (κ2) is 5.05. The number of benzene rings is 1. The van der Waals surface area contributed by atoms with Gasteiger partial charge in [0.2, 0.25) is 5.91 Å². The molecule has 0 fully saturated rings. The summed E-state index contributed by atoms with van der Waals surface area (Å²) in [6.45, 7) is 1.50. The highest BCUT2D eigenvalue weighted by atomic mass is 19.4. The number of nitrogens with two attached hydrogens (primary N) is 1. The van der Waals surface area contributed by atoms with Gasteiger partial charge in [0.15, 0.2) is 0 Å². The highest BCUT2D eigenvalue weighted by molar-refractivity contribution is 5.94. The predicted molar refractivity (Wildman–Crippen MR) is 55.4 cm³/mol. The van der Waals surface area contributed by atoms with E-state index in [1.54, 1.807) is 0 Å². The molecule has 0 saturated carbocycles. The Kier molecular flexibility index (Phi) is 3.95. The fourth-order valence-electron chi connectivity index (χ4n) is 0.996. The Labute approximate surface area is 95.6 Å². The lowest BCUT2D eigenvalue weighted by Crippen LogP contribution is -2.32. The van der Waals surface area contributed by atoms with E-state index in [2.05, 4.69) is 10.1 Å². The van der Waals surface area contributed by atoms with E-state index in [4.69, 9.17) is 5.73 Å². The molecule has 0 aliphatic rings. The molecular weight excluding hydrogens is 237 g/mol. The topological polar surface area (TPSA) is 64.4 Å². The number of alkyl halides is 3. The monoisotopic (exact) mass is 248 g/mol. The number of anilines is 1. The standard InChI is InChI=1S/C10H11F3N2O2/c1-6(14)9(16)15-7-2-4-8(5-3-7)17-10(11,12)13/h2-6H,14H2,1H3,(H,15,16)/t6-/m0/s1. The van der Waals surface area contributed by atoms with Gasteiger partial charge < -0.3 is 15.8 Å². The van der Waals surface area contributed by atoms with Gasteiger partial charge in [0.05, 0.1) is 6.04 Å². The van der Waals surface area contributed by atoms with Crippen LogP contribution in [-0.2, 0) is 4.79 Å². The fraction of sp³-hybridized carbons (Fsp3) is 0.300. The van der Waals surface area contributed by atoms with Crippen molar-refractivity contribution in [3.05, 3.63) is 24.3 Å². The minimum Gasteiger partial charge on any atom is -0.406 e. The van der Waals surface area contributed by atoms with Crippen molar-refractivity contribution in [3.8, 4) is 5.75 Å². The maximum absolute atomic E-state index is 11.8. The van der Waals surface area contributed by atoms with Crippen LogP contribution in [0.25, 0.3) is 0 Å². The van der Waals surface area contributed by atoms with E-state index in [-0.39, 0.29) is 5.75 Å². The highest BCUT2D eigenvalue weighted by Crippen LogP contribution is 2.23. The number of nitrogens with one attached hydrogen (secondary N) is 1. The molecule has 1 aromatic carbocycles. The van der Waals surface area contributed by atoms with Gasteiger partial charge in [0.25, 0.3) is 0 Å². The molecule has 0 heterocycles. The summed E-state index contributed by atoms with van der Waals surface area (Å²) in [5.41, 5.74) is 5.66. The molecule has 0 spiro atoms. The van der Waals surface area contributed by atoms with E-state index < -0.39 is 18.3 Å². The van der Waals surface area contributed by atoms with Crippen LogP contribution >= 0.6 is 0 Å². The van der Waals surface area contributed by atoms with E-state index in [1.165, 1.54) is 19.1 Å². The van der Waals surface area contributed by atoms with Crippen molar-refractivity contribution >= 4 is 11.6 Å². The maximum atomic E-state index is 11.8. The van der Waals surface area contributed by atoms with E-state index in [1.807, 2.05) is 0 Å². The Morgan fingerprint density at radius 3 is 2.29 bits per heavy atom. The molecule has 0 radical (unpaired) electrons. The van der Waals surface area contributed by atoms with Gasteiger partial charge in [-0.15, -0.1) is 13.2 Å². The number of carbonyl (C=O) groups excluding carboxylic acids is 1. The zero-order valence-corrected chi connectivity index (χ0v) is 8.91. The molecule has 0 aliphatic carbocycles. The van der Waals surface area contributed by atoms with E-state index in [0.717, 1.165) is 12.1 Å². The zero-order chi connectivity index (χ0) is 13.1. The third kappa shape index (κ3) is 4.73. The van der Waals surface area contributed by atoms with Crippen LogP contribution in [-0.4, -0.2) is 18.3 Å². The Bertz CT molecular complexity index is 388. The van der Waals surface area contributed by atoms with Gasteiger partial charge in [-0.05, 0) is 31.2 Å². The smallest absolute Gasteiger partial charge is 0.406 e. The maximum Gasteiger partial charge on any atom is 0.573 e. The molecule has 0 unspecified atom stereocenters. The lowest BCUT2D eigenvalue weighted by Gasteiger charge is -2.10. The molecule has 94 valence electrons. The molecular formula is C10H11F3N2O2. The molecule has 1 rings (SSSR count). The largest absolute Gasteiger partial charge is 0.573 e. The minimum atomic E-state index is -4.73. The van der Waals surface area contributed by atoms with Gasteiger partial charge in [-0.25, -0.2) is 0 Å². The van der Waals surface area contributed by atoms with Crippen molar-refractivity contribution < 1.29 is 22.7 Å². The first-order valence-corrected chi connectivity index (χ1v) is 4.70. The summed E-state index contributed by atoms with van der Waals surface area (Å²) >= 11 is 0. The normalized spacial score (nSPS) is 13.0. The highest BCUT2D eigenvalue weighted by Gasteiger charge is 2.30. The van der Waals surface area contributed by atoms with Gasteiger partial charge in [0, 0.05) is 5.69 Å². The van der Waals surface area contributed by atoms with Crippen LogP contribution in [0.3, 0.4) is 0 Å². The van der Waals surface area contributed by atoms with Gasteiger partial charge in [-0.3, -0.25) is 4.79 Å². The number of amides is 1. The Morgan fingerprint density at radius 2 is 1.88 bits per heavy atom. The van der Waals surface area contributed by atoms with Crippen LogP contribution in [0.15, 0.2) is 24.3 Å². The van der Waals surface area contributed by atoms with Crippen molar-refractivity contribution in [1.29, 1.82) is 0 Å². The Hall–Kier alpha value is -1.76. The summed E-state index contributed by atoms with van der Waals surface area (Å²) in [4.78, 5) is 11.2. The summed E-state index contributed by atoms with van der Waals surface area (Å²) in [6, 6.07) is 4.10. The molecule has 7 heteroatoms. The van der Waals surface area contributed by atoms with Crippen LogP contribution in [0.2, 0.25) is 0 Å². The van der Waals surface area contributed by atoms with Crippen molar-refractivity contribution in [1.82, 2.24) is 0 Å². The predicted octanol–water partition coefficient (Wildman–Crippen LogP) is 1.87. The second-order valence-electron chi connectivity index (χ2n) is 3.35. The first kappa shape index (κ1) is 13.3. The summed E-state index contributed by atoms with van der Waals surface area (Å²) < 4.78 is 39.2. The summed E-state index contributed by atoms with van der Waals surface area (Å²) in [5, 5.41) is 2.43. The van der Waals surface area contributed by atoms with E-state index in [9.17, 15) is 18.0 Å². The molecule has 17 heavy (non-hydrogen) atoms. The Balaban J connectivity index is 2.65. The van der Waals surface area contributed by atoms with Crippen LogP contribution in [0.4, 0.5) is 18.9 Å². The number of carbonyl (C=O) groups is 1. The van der Waals surface area contributed by atoms with E-state index >= 15 is 0 Å². The van der Waals surface area contributed by atoms with Crippen LogP contribution < -0.4 is 15.8 Å². The molecule has 1 atom stereocenters. The number of hydrogen-bond donors (Lipinski definition) is 2. The molecule has 0 saturated heterocycles. The summed E-state index contributed by atoms with van der Waals surface area (Å²) in [5.74, 6) is -0.772. The van der Waals surface area contributed by atoms with Crippen molar-refractivity contribution in [2.75, 3.05) is 5.32 Å². The number of rotatable bonds is 3. The third-order valence-corrected chi connectivity index (χ3v) is 1.77. The fourth-order valence-corrected chi connectivity index (χ4v) is 0.996. The van der Waals surface area contributed by atoms with Gasteiger partial charge in [0.1, 0.15) is 5.75 Å². The molecule has 0 bridgehead atoms. The van der Waals surface area contributed by atoms with Gasteiger partial charge in [-0.1, -0.05) is 0 Å². The lowest BCUT2D eigenvalue weighted by molar-refractivity contribution is -0.274. The van der Waals surface area contributed by atoms with Crippen LogP contribution in [0.5, 0.6) is 5.75 Å². The summed E-state index contributed by atoms with van der Waals surface area (Å²) in [7, 11) is 0. The minimum absolute atomic E-state index is 0.349. The molecule has 1 amide bonds. The number of hydrogen-bond acceptors (Lipinski definition) is 3. The van der Waals surface area contributed by atoms with Crippen molar-refractivity contribution in [2.24, 2.45) is 5.73 Å². The van der Waals surface area contributed by atoms with Crippen LogP contribution in [0, 0.1) is 0 Å². The molecule has 3 N–H and O–H groups in total. The zero-order valence-electron chi connectivity index (χ0n) is 8.91. The first-order valence-electron chi connectivity index (χ1n) is 4.70. The molecule has 1 aromatic rings. The lowest BCUT2D eigenvalue weighted by atomic mass is 10.2. The van der Waals surface area contributed by atoms with Gasteiger partial charge >= 0.3 is 6.36 Å². The van der Waals surface area contributed by atoms with Crippen molar-refractivity contribution in [3.63, 3.8) is 0 Å². The second-order valence-corrected chi connectivity index (χ2v) is 3.35. The number of halogens is 3. The summed E-state index contributed by atoms with van der Waals surface area (Å²) in [6.07, 6.45) is -4.73. The molecule has 0 aliphatic heterocycles.